The lowest BCUT2D eigenvalue weighted by atomic mass is 9.89. The van der Waals surface area contributed by atoms with Crippen LogP contribution in [0.25, 0.3) is 22.6 Å². The van der Waals surface area contributed by atoms with Gasteiger partial charge >= 0.3 is 6.01 Å². The van der Waals surface area contributed by atoms with Gasteiger partial charge in [-0.05, 0) is 62.2 Å². The quantitative estimate of drug-likeness (QED) is 0.288. The van der Waals surface area contributed by atoms with E-state index in [4.69, 9.17) is 19.2 Å². The summed E-state index contributed by atoms with van der Waals surface area (Å²) in [5, 5.41) is 3.19. The number of amides is 1. The molecule has 0 unspecified atom stereocenters. The SMILES string of the molecule is CC1(C(=O)NC2CCCCC2)COC(c2nc(-c3ccc(F)cc3)c(-c3ccnc(Oc4ccccc4)n3)[nH]2)OC1. The van der Waals surface area contributed by atoms with Crippen molar-refractivity contribution in [2.24, 2.45) is 5.41 Å². The number of rotatable bonds is 7. The topological polar surface area (TPSA) is 111 Å². The summed E-state index contributed by atoms with van der Waals surface area (Å²) in [5.74, 6) is 0.616. The Morgan fingerprint density at radius 3 is 2.46 bits per heavy atom. The normalized spacial score (nSPS) is 21.4. The Balaban J connectivity index is 1.24. The van der Waals surface area contributed by atoms with E-state index in [2.05, 4.69) is 20.3 Å². The van der Waals surface area contributed by atoms with Crippen LogP contribution in [0.15, 0.2) is 66.9 Å². The molecule has 2 aromatic carbocycles. The molecule has 1 aliphatic carbocycles. The molecule has 2 aliphatic rings. The van der Waals surface area contributed by atoms with Gasteiger partial charge in [-0.15, -0.1) is 0 Å². The number of nitrogens with one attached hydrogen (secondary N) is 2. The molecule has 6 rings (SSSR count). The van der Waals surface area contributed by atoms with E-state index in [1.165, 1.54) is 18.6 Å². The van der Waals surface area contributed by atoms with Crippen LogP contribution in [0.2, 0.25) is 0 Å². The number of carbonyl (C=O) groups is 1. The van der Waals surface area contributed by atoms with Crippen LogP contribution in [0.1, 0.15) is 51.1 Å². The van der Waals surface area contributed by atoms with Gasteiger partial charge in [0.1, 0.15) is 11.6 Å². The molecular weight excluding hydrogens is 525 g/mol. The van der Waals surface area contributed by atoms with Crippen LogP contribution in [-0.2, 0) is 14.3 Å². The predicted molar refractivity (Wildman–Crippen MR) is 149 cm³/mol. The Morgan fingerprint density at radius 1 is 1.00 bits per heavy atom. The number of H-pyrrole nitrogens is 1. The van der Waals surface area contributed by atoms with Crippen molar-refractivity contribution in [1.82, 2.24) is 25.3 Å². The molecule has 9 nitrogen and oxygen atoms in total. The molecule has 3 heterocycles. The maximum absolute atomic E-state index is 13.7. The fourth-order valence-electron chi connectivity index (χ4n) is 5.13. The highest BCUT2D eigenvalue weighted by molar-refractivity contribution is 5.83. The van der Waals surface area contributed by atoms with Crippen LogP contribution < -0.4 is 10.1 Å². The lowest BCUT2D eigenvalue weighted by Gasteiger charge is -2.37. The zero-order valence-electron chi connectivity index (χ0n) is 22.8. The first kappa shape index (κ1) is 27.0. The van der Waals surface area contributed by atoms with E-state index in [1.54, 1.807) is 24.4 Å². The summed E-state index contributed by atoms with van der Waals surface area (Å²) in [4.78, 5) is 30.0. The largest absolute Gasteiger partial charge is 0.424 e. The Hall–Kier alpha value is -4.15. The number of aromatic nitrogens is 4. The first-order chi connectivity index (χ1) is 20.0. The Kier molecular flexibility index (Phi) is 7.76. The van der Waals surface area contributed by atoms with Gasteiger partial charge in [-0.2, -0.15) is 4.98 Å². The fourth-order valence-corrected chi connectivity index (χ4v) is 5.13. The molecule has 0 spiro atoms. The monoisotopic (exact) mass is 557 g/mol. The highest BCUT2D eigenvalue weighted by Crippen LogP contribution is 2.36. The first-order valence-electron chi connectivity index (χ1n) is 13.9. The highest BCUT2D eigenvalue weighted by atomic mass is 19.1. The molecule has 41 heavy (non-hydrogen) atoms. The lowest BCUT2D eigenvalue weighted by molar-refractivity contribution is -0.231. The maximum Gasteiger partial charge on any atom is 0.322 e. The first-order valence-corrected chi connectivity index (χ1v) is 13.9. The van der Waals surface area contributed by atoms with Gasteiger partial charge in [0, 0.05) is 17.8 Å². The highest BCUT2D eigenvalue weighted by Gasteiger charge is 2.41. The smallest absolute Gasteiger partial charge is 0.322 e. The minimum atomic E-state index is -0.819. The molecule has 0 bridgehead atoms. The number of aromatic amines is 1. The molecular formula is C31H32FN5O4. The maximum atomic E-state index is 13.7. The lowest BCUT2D eigenvalue weighted by Crippen LogP contribution is -2.51. The van der Waals surface area contributed by atoms with Crippen LogP contribution in [-0.4, -0.2) is 45.1 Å². The fraction of sp³-hybridized carbons (Fsp3) is 0.355. The van der Waals surface area contributed by atoms with Gasteiger partial charge in [-0.1, -0.05) is 37.5 Å². The third-order valence-corrected chi connectivity index (χ3v) is 7.50. The van der Waals surface area contributed by atoms with Crippen molar-refractivity contribution in [1.29, 1.82) is 0 Å². The second-order valence-electron chi connectivity index (χ2n) is 10.8. The van der Waals surface area contributed by atoms with Crippen molar-refractivity contribution < 1.29 is 23.4 Å². The van der Waals surface area contributed by atoms with Crippen molar-refractivity contribution >= 4 is 5.91 Å². The van der Waals surface area contributed by atoms with E-state index < -0.39 is 11.7 Å². The van der Waals surface area contributed by atoms with Crippen LogP contribution >= 0.6 is 0 Å². The van der Waals surface area contributed by atoms with E-state index in [9.17, 15) is 9.18 Å². The number of imidazole rings is 1. The van der Waals surface area contributed by atoms with Crippen LogP contribution in [0, 0.1) is 11.2 Å². The number of benzene rings is 2. The molecule has 1 amide bonds. The molecule has 10 heteroatoms. The van der Waals surface area contributed by atoms with Crippen LogP contribution in [0.5, 0.6) is 11.8 Å². The summed E-state index contributed by atoms with van der Waals surface area (Å²) in [6.45, 7) is 2.22. The molecule has 4 aromatic rings. The van der Waals surface area contributed by atoms with E-state index in [0.717, 1.165) is 25.7 Å². The molecule has 1 saturated carbocycles. The Labute approximate surface area is 237 Å². The van der Waals surface area contributed by atoms with Gasteiger partial charge in [0.05, 0.1) is 35.7 Å². The van der Waals surface area contributed by atoms with Crippen LogP contribution in [0.4, 0.5) is 4.39 Å². The molecule has 2 fully saturated rings. The van der Waals surface area contributed by atoms with Crippen molar-refractivity contribution in [3.8, 4) is 34.4 Å². The number of halogens is 1. The summed E-state index contributed by atoms with van der Waals surface area (Å²) in [7, 11) is 0. The standard InChI is InChI=1S/C31H32FN5O4/c1-31(29(38)34-22-8-4-2-5-9-22)18-39-28(40-19-31)27-36-25(20-12-14-21(32)15-13-20)26(37-27)24-16-17-33-30(35-24)41-23-10-6-3-7-11-23/h3,6-7,10-17,22,28H,2,4-5,8-9,18-19H2,1H3,(H,34,38)(H,36,37). The summed E-state index contributed by atoms with van der Waals surface area (Å²) in [5.41, 5.74) is 1.51. The van der Waals surface area contributed by atoms with Crippen LogP contribution in [0.3, 0.4) is 0 Å². The number of nitrogens with zero attached hydrogens (tertiary/aromatic N) is 3. The zero-order valence-corrected chi connectivity index (χ0v) is 22.8. The summed E-state index contributed by atoms with van der Waals surface area (Å²) in [6.07, 6.45) is 6.29. The van der Waals surface area contributed by atoms with E-state index in [1.807, 2.05) is 37.3 Å². The minimum absolute atomic E-state index is 0.0538. The molecule has 0 radical (unpaired) electrons. The Morgan fingerprint density at radius 2 is 1.73 bits per heavy atom. The van der Waals surface area contributed by atoms with Gasteiger partial charge in [0.25, 0.3) is 0 Å². The number of ether oxygens (including phenoxy) is 3. The van der Waals surface area contributed by atoms with Gasteiger partial charge in [0.2, 0.25) is 12.2 Å². The van der Waals surface area contributed by atoms with Crippen molar-refractivity contribution in [3.63, 3.8) is 0 Å². The number of hydrogen-bond acceptors (Lipinski definition) is 7. The third-order valence-electron chi connectivity index (χ3n) is 7.50. The molecule has 2 N–H and O–H groups in total. The minimum Gasteiger partial charge on any atom is -0.424 e. The molecule has 2 aromatic heterocycles. The van der Waals surface area contributed by atoms with Gasteiger partial charge in [-0.25, -0.2) is 14.4 Å². The van der Waals surface area contributed by atoms with E-state index in [-0.39, 0.29) is 37.0 Å². The third kappa shape index (κ3) is 6.13. The second kappa shape index (κ2) is 11.8. The summed E-state index contributed by atoms with van der Waals surface area (Å²) in [6, 6.07) is 17.4. The molecule has 0 atom stereocenters. The van der Waals surface area contributed by atoms with E-state index in [0.29, 0.717) is 34.2 Å². The number of carbonyl (C=O) groups excluding carboxylic acids is 1. The van der Waals surface area contributed by atoms with Crippen molar-refractivity contribution in [3.05, 3.63) is 78.5 Å². The predicted octanol–water partition coefficient (Wildman–Crippen LogP) is 5.97. The number of para-hydroxylation sites is 1. The molecule has 1 saturated heterocycles. The average molecular weight is 558 g/mol. The molecule has 1 aliphatic heterocycles. The molecule has 212 valence electrons. The zero-order chi connectivity index (χ0) is 28.2. The van der Waals surface area contributed by atoms with Crippen molar-refractivity contribution in [2.75, 3.05) is 13.2 Å². The summed E-state index contributed by atoms with van der Waals surface area (Å²) < 4.78 is 31.7. The van der Waals surface area contributed by atoms with Gasteiger partial charge < -0.3 is 24.5 Å². The second-order valence-corrected chi connectivity index (χ2v) is 10.8. The van der Waals surface area contributed by atoms with E-state index >= 15 is 0 Å². The number of hydrogen-bond donors (Lipinski definition) is 2. The summed E-state index contributed by atoms with van der Waals surface area (Å²) >= 11 is 0. The average Bonchev–Trinajstić information content (AvgIpc) is 3.45. The van der Waals surface area contributed by atoms with Gasteiger partial charge in [-0.3, -0.25) is 4.79 Å². The van der Waals surface area contributed by atoms with Gasteiger partial charge in [0.15, 0.2) is 5.82 Å². The Bertz CT molecular complexity index is 1480. The van der Waals surface area contributed by atoms with Crippen molar-refractivity contribution in [2.45, 2.75) is 51.4 Å².